The van der Waals surface area contributed by atoms with E-state index in [1.165, 1.54) is 23.9 Å². The minimum atomic E-state index is 0.414. The number of aromatic nitrogens is 2. The highest BCUT2D eigenvalue weighted by Crippen LogP contribution is 2.26. The van der Waals surface area contributed by atoms with E-state index in [9.17, 15) is 0 Å². The van der Waals surface area contributed by atoms with Crippen LogP contribution in [0, 0.1) is 0 Å². The van der Waals surface area contributed by atoms with Gasteiger partial charge in [0.25, 0.3) is 0 Å². The second kappa shape index (κ2) is 6.89. The summed E-state index contributed by atoms with van der Waals surface area (Å²) in [6, 6.07) is 7.10. The fraction of sp³-hybridized carbons (Fsp3) is 0.588. The number of hydrogen-bond donors (Lipinski definition) is 0. The number of nitrogens with zero attached hydrogens (tertiary/aromatic N) is 2. The van der Waals surface area contributed by atoms with Gasteiger partial charge >= 0.3 is 0 Å². The summed E-state index contributed by atoms with van der Waals surface area (Å²) in [6.45, 7) is 7.56. The number of fused-ring (bicyclic) bond motifs is 1. The molecule has 3 heteroatoms. The van der Waals surface area contributed by atoms with E-state index in [0.29, 0.717) is 12.0 Å². The van der Waals surface area contributed by atoms with Crippen molar-refractivity contribution in [3.05, 3.63) is 30.1 Å². The van der Waals surface area contributed by atoms with Crippen LogP contribution >= 0.6 is 0 Å². The van der Waals surface area contributed by atoms with Crippen LogP contribution < -0.4 is 0 Å². The lowest BCUT2D eigenvalue weighted by atomic mass is 9.96. The highest BCUT2D eigenvalue weighted by Gasteiger charge is 2.12. The average Bonchev–Trinajstić information content (AvgIpc) is 2.88. The number of rotatable bonds is 7. The summed E-state index contributed by atoms with van der Waals surface area (Å²) >= 11 is 0. The molecule has 2 atom stereocenters. The van der Waals surface area contributed by atoms with E-state index in [-0.39, 0.29) is 0 Å². The Morgan fingerprint density at radius 3 is 2.75 bits per heavy atom. The summed E-state index contributed by atoms with van der Waals surface area (Å²) in [5.74, 6) is 0.613. The van der Waals surface area contributed by atoms with Crippen LogP contribution in [0.2, 0.25) is 0 Å². The molecule has 0 bridgehead atoms. The van der Waals surface area contributed by atoms with Crippen molar-refractivity contribution in [2.75, 3.05) is 13.7 Å². The number of methoxy groups -OCH3 is 1. The molecule has 20 heavy (non-hydrogen) atoms. The van der Waals surface area contributed by atoms with Crippen molar-refractivity contribution >= 4 is 11.0 Å². The van der Waals surface area contributed by atoms with E-state index in [2.05, 4.69) is 48.5 Å². The second-order valence-electron chi connectivity index (χ2n) is 5.72. The van der Waals surface area contributed by atoms with Crippen molar-refractivity contribution in [2.45, 2.75) is 52.0 Å². The monoisotopic (exact) mass is 274 g/mol. The molecule has 0 fully saturated rings. The lowest BCUT2D eigenvalue weighted by Gasteiger charge is -2.15. The first-order chi connectivity index (χ1) is 9.67. The van der Waals surface area contributed by atoms with Crippen LogP contribution in [0.1, 0.15) is 57.6 Å². The van der Waals surface area contributed by atoms with Crippen molar-refractivity contribution in [1.82, 2.24) is 9.55 Å². The number of hydrogen-bond acceptors (Lipinski definition) is 2. The lowest BCUT2D eigenvalue weighted by Crippen LogP contribution is -2.07. The minimum Gasteiger partial charge on any atom is -0.385 e. The average molecular weight is 274 g/mol. The maximum atomic E-state index is 5.18. The SMILES string of the molecule is CCCC(C)c1ccc2ncn(C(C)CCOC)c2c1. The highest BCUT2D eigenvalue weighted by atomic mass is 16.5. The maximum absolute atomic E-state index is 5.18. The third kappa shape index (κ3) is 3.21. The first kappa shape index (κ1) is 15.0. The van der Waals surface area contributed by atoms with E-state index in [1.54, 1.807) is 7.11 Å². The van der Waals surface area contributed by atoms with Crippen LogP contribution in [-0.2, 0) is 4.74 Å². The molecule has 3 nitrogen and oxygen atoms in total. The molecule has 0 amide bonds. The zero-order chi connectivity index (χ0) is 14.5. The van der Waals surface area contributed by atoms with Crippen LogP contribution in [0.15, 0.2) is 24.5 Å². The summed E-state index contributed by atoms with van der Waals surface area (Å²) in [4.78, 5) is 4.52. The van der Waals surface area contributed by atoms with Gasteiger partial charge in [-0.3, -0.25) is 0 Å². The smallest absolute Gasteiger partial charge is 0.0960 e. The van der Waals surface area contributed by atoms with Crippen molar-refractivity contribution < 1.29 is 4.74 Å². The van der Waals surface area contributed by atoms with Gasteiger partial charge in [-0.05, 0) is 43.4 Å². The Morgan fingerprint density at radius 2 is 2.05 bits per heavy atom. The van der Waals surface area contributed by atoms with Gasteiger partial charge in [0.1, 0.15) is 0 Å². The molecule has 2 aromatic rings. The standard InChI is InChI=1S/C17H26N2O/c1-5-6-13(2)15-7-8-16-17(11-15)19(12-18-16)14(3)9-10-20-4/h7-8,11-14H,5-6,9-10H2,1-4H3. The summed E-state index contributed by atoms with van der Waals surface area (Å²) in [5, 5.41) is 0. The normalized spacial score (nSPS) is 14.6. The van der Waals surface area contributed by atoms with Crippen molar-refractivity contribution in [1.29, 1.82) is 0 Å². The summed E-state index contributed by atoms with van der Waals surface area (Å²) in [7, 11) is 1.75. The molecular formula is C17H26N2O. The van der Waals surface area contributed by atoms with E-state index in [0.717, 1.165) is 18.5 Å². The molecule has 1 aromatic heterocycles. The highest BCUT2D eigenvalue weighted by molar-refractivity contribution is 5.76. The molecule has 2 unspecified atom stereocenters. The minimum absolute atomic E-state index is 0.414. The molecule has 0 spiro atoms. The number of imidazole rings is 1. The zero-order valence-corrected chi connectivity index (χ0v) is 13.1. The van der Waals surface area contributed by atoms with Crippen LogP contribution in [0.4, 0.5) is 0 Å². The topological polar surface area (TPSA) is 27.1 Å². The van der Waals surface area contributed by atoms with E-state index < -0.39 is 0 Å². The van der Waals surface area contributed by atoms with Crippen LogP contribution in [0.3, 0.4) is 0 Å². The molecule has 0 saturated carbocycles. The fourth-order valence-electron chi connectivity index (χ4n) is 2.73. The van der Waals surface area contributed by atoms with Gasteiger partial charge in [-0.25, -0.2) is 4.98 Å². The Morgan fingerprint density at radius 1 is 1.25 bits per heavy atom. The fourth-order valence-corrected chi connectivity index (χ4v) is 2.73. The van der Waals surface area contributed by atoms with Gasteiger partial charge in [0.05, 0.1) is 17.4 Å². The molecule has 1 heterocycles. The summed E-state index contributed by atoms with van der Waals surface area (Å²) in [6.07, 6.45) is 5.43. The Labute approximate surface area is 122 Å². The third-order valence-corrected chi connectivity index (χ3v) is 4.10. The van der Waals surface area contributed by atoms with Crippen molar-refractivity contribution in [3.8, 4) is 0 Å². The quantitative estimate of drug-likeness (QED) is 0.741. The van der Waals surface area contributed by atoms with Gasteiger partial charge in [0, 0.05) is 19.8 Å². The van der Waals surface area contributed by atoms with Gasteiger partial charge < -0.3 is 9.30 Å². The van der Waals surface area contributed by atoms with Gasteiger partial charge in [-0.15, -0.1) is 0 Å². The van der Waals surface area contributed by atoms with Gasteiger partial charge in [-0.1, -0.05) is 26.3 Å². The molecule has 110 valence electrons. The van der Waals surface area contributed by atoms with Gasteiger partial charge in [-0.2, -0.15) is 0 Å². The summed E-state index contributed by atoms with van der Waals surface area (Å²) in [5.41, 5.74) is 3.75. The van der Waals surface area contributed by atoms with Crippen molar-refractivity contribution in [3.63, 3.8) is 0 Å². The maximum Gasteiger partial charge on any atom is 0.0960 e. The molecule has 0 radical (unpaired) electrons. The van der Waals surface area contributed by atoms with Gasteiger partial charge in [0.15, 0.2) is 0 Å². The molecule has 0 aliphatic carbocycles. The van der Waals surface area contributed by atoms with E-state index >= 15 is 0 Å². The summed E-state index contributed by atoms with van der Waals surface area (Å²) < 4.78 is 7.46. The molecule has 2 rings (SSSR count). The Kier molecular flexibility index (Phi) is 5.18. The number of ether oxygens (including phenoxy) is 1. The van der Waals surface area contributed by atoms with Crippen LogP contribution in [-0.4, -0.2) is 23.3 Å². The van der Waals surface area contributed by atoms with Crippen LogP contribution in [0.5, 0.6) is 0 Å². The molecule has 0 aliphatic rings. The first-order valence-corrected chi connectivity index (χ1v) is 7.62. The van der Waals surface area contributed by atoms with Crippen LogP contribution in [0.25, 0.3) is 11.0 Å². The zero-order valence-electron chi connectivity index (χ0n) is 13.1. The lowest BCUT2D eigenvalue weighted by molar-refractivity contribution is 0.181. The molecule has 0 aliphatic heterocycles. The first-order valence-electron chi connectivity index (χ1n) is 7.62. The Balaban J connectivity index is 2.29. The molecule has 1 aromatic carbocycles. The Bertz CT molecular complexity index is 547. The second-order valence-corrected chi connectivity index (χ2v) is 5.72. The van der Waals surface area contributed by atoms with Gasteiger partial charge in [0.2, 0.25) is 0 Å². The molecule has 0 N–H and O–H groups in total. The predicted octanol–water partition coefficient (Wildman–Crippen LogP) is 4.54. The van der Waals surface area contributed by atoms with E-state index in [1.807, 2.05) is 6.33 Å². The molecular weight excluding hydrogens is 248 g/mol. The predicted molar refractivity (Wildman–Crippen MR) is 84.3 cm³/mol. The number of benzene rings is 1. The molecule has 0 saturated heterocycles. The third-order valence-electron chi connectivity index (χ3n) is 4.10. The van der Waals surface area contributed by atoms with Crippen molar-refractivity contribution in [2.24, 2.45) is 0 Å². The largest absolute Gasteiger partial charge is 0.385 e. The van der Waals surface area contributed by atoms with E-state index in [4.69, 9.17) is 4.74 Å². The Hall–Kier alpha value is -1.35.